The van der Waals surface area contributed by atoms with E-state index < -0.39 is 0 Å². The van der Waals surface area contributed by atoms with Crippen molar-refractivity contribution in [1.29, 1.82) is 0 Å². The van der Waals surface area contributed by atoms with Crippen LogP contribution < -0.4 is 10.1 Å². The second-order valence-electron chi connectivity index (χ2n) is 7.74. The van der Waals surface area contributed by atoms with Crippen molar-refractivity contribution in [2.75, 3.05) is 18.4 Å². The minimum atomic E-state index is -0.308. The Bertz CT molecular complexity index is 1050. The maximum atomic E-state index is 13.7. The minimum absolute atomic E-state index is 0.0141. The molecule has 1 aromatic heterocycles. The summed E-state index contributed by atoms with van der Waals surface area (Å²) in [4.78, 5) is 19.3. The van der Waals surface area contributed by atoms with Crippen LogP contribution in [0.2, 0.25) is 5.02 Å². The van der Waals surface area contributed by atoms with Crippen LogP contribution >= 0.6 is 11.6 Å². The Morgan fingerprint density at radius 3 is 2.68 bits per heavy atom. The molecule has 5 nitrogen and oxygen atoms in total. The van der Waals surface area contributed by atoms with Gasteiger partial charge in [0, 0.05) is 35.4 Å². The molecule has 0 spiro atoms. The largest absolute Gasteiger partial charge is 0.490 e. The molecule has 4 rings (SSSR count). The summed E-state index contributed by atoms with van der Waals surface area (Å²) in [5, 5.41) is 4.30. The van der Waals surface area contributed by atoms with E-state index in [9.17, 15) is 9.18 Å². The maximum Gasteiger partial charge on any atom is 0.241 e. The predicted octanol–water partition coefficient (Wildman–Crippen LogP) is 5.29. The van der Waals surface area contributed by atoms with Crippen LogP contribution in [0.4, 0.5) is 10.1 Å². The van der Waals surface area contributed by atoms with E-state index in [2.05, 4.69) is 15.2 Å². The van der Waals surface area contributed by atoms with Crippen LogP contribution in [-0.2, 0) is 4.79 Å². The number of nitrogens with one attached hydrogen (secondary N) is 1. The van der Waals surface area contributed by atoms with Gasteiger partial charge in [-0.2, -0.15) is 0 Å². The number of hydrogen-bond donors (Lipinski definition) is 1. The number of pyridine rings is 1. The first kappa shape index (κ1) is 21.5. The molecular formula is C24H25ClFN3O2. The average molecular weight is 442 g/mol. The quantitative estimate of drug-likeness (QED) is 0.564. The van der Waals surface area contributed by atoms with Crippen LogP contribution in [0.3, 0.4) is 0 Å². The third kappa shape index (κ3) is 5.14. The van der Waals surface area contributed by atoms with Crippen molar-refractivity contribution in [2.24, 2.45) is 0 Å². The molecule has 7 heteroatoms. The standard InChI is InChI=1S/C24H25ClFN3O2/c1-2-22(24(30)28-18-6-3-16(25)4-7-18)29-13-10-19(11-14-29)31-23-9-12-27-21-8-5-17(26)15-20(21)23/h3-9,12,15,19,22H,2,10-11,13-14H2,1H3,(H,28,30). The molecule has 1 unspecified atom stereocenters. The lowest BCUT2D eigenvalue weighted by Crippen LogP contribution is -2.49. The molecule has 0 bridgehead atoms. The van der Waals surface area contributed by atoms with E-state index in [4.69, 9.17) is 16.3 Å². The third-order valence-electron chi connectivity index (χ3n) is 5.68. The third-order valence-corrected chi connectivity index (χ3v) is 5.93. The lowest BCUT2D eigenvalue weighted by atomic mass is 10.0. The number of ether oxygens (including phenoxy) is 1. The fraction of sp³-hybridized carbons (Fsp3) is 0.333. The summed E-state index contributed by atoms with van der Waals surface area (Å²) in [6.45, 7) is 3.54. The summed E-state index contributed by atoms with van der Waals surface area (Å²) in [7, 11) is 0. The van der Waals surface area contributed by atoms with E-state index in [1.54, 1.807) is 42.6 Å². The van der Waals surface area contributed by atoms with Crippen molar-refractivity contribution in [3.8, 4) is 5.75 Å². The number of halogens is 2. The Labute approximate surface area is 186 Å². The highest BCUT2D eigenvalue weighted by atomic mass is 35.5. The van der Waals surface area contributed by atoms with Crippen molar-refractivity contribution in [1.82, 2.24) is 9.88 Å². The number of carbonyl (C=O) groups is 1. The molecule has 0 saturated carbocycles. The second kappa shape index (κ2) is 9.62. The van der Waals surface area contributed by atoms with Crippen molar-refractivity contribution in [3.05, 3.63) is 65.6 Å². The fourth-order valence-corrected chi connectivity index (χ4v) is 4.18. The lowest BCUT2D eigenvalue weighted by molar-refractivity contribution is -0.122. The number of hydrogen-bond acceptors (Lipinski definition) is 4. The van der Waals surface area contributed by atoms with Crippen LogP contribution in [0.5, 0.6) is 5.75 Å². The first-order valence-electron chi connectivity index (χ1n) is 10.5. The van der Waals surface area contributed by atoms with E-state index in [-0.39, 0.29) is 23.9 Å². The number of piperidine rings is 1. The van der Waals surface area contributed by atoms with Gasteiger partial charge in [0.25, 0.3) is 0 Å². The van der Waals surface area contributed by atoms with Crippen LogP contribution in [0, 0.1) is 5.82 Å². The molecular weight excluding hydrogens is 417 g/mol. The molecule has 1 aliphatic rings. The molecule has 162 valence electrons. The van der Waals surface area contributed by atoms with Gasteiger partial charge in [-0.25, -0.2) is 4.39 Å². The van der Waals surface area contributed by atoms with Crippen molar-refractivity contribution < 1.29 is 13.9 Å². The monoisotopic (exact) mass is 441 g/mol. The molecule has 3 aromatic rings. The first-order valence-corrected chi connectivity index (χ1v) is 10.9. The average Bonchev–Trinajstić information content (AvgIpc) is 2.77. The zero-order valence-corrected chi connectivity index (χ0v) is 18.1. The van der Waals surface area contributed by atoms with E-state index in [0.29, 0.717) is 21.7 Å². The second-order valence-corrected chi connectivity index (χ2v) is 8.18. The summed E-state index contributed by atoms with van der Waals surface area (Å²) >= 11 is 5.92. The summed E-state index contributed by atoms with van der Waals surface area (Å²) in [6, 6.07) is 13.2. The molecule has 1 saturated heterocycles. The molecule has 1 fully saturated rings. The van der Waals surface area contributed by atoms with E-state index in [0.717, 1.165) is 38.0 Å². The zero-order valence-electron chi connectivity index (χ0n) is 17.4. The van der Waals surface area contributed by atoms with E-state index >= 15 is 0 Å². The van der Waals surface area contributed by atoms with Crippen molar-refractivity contribution in [3.63, 3.8) is 0 Å². The number of anilines is 1. The van der Waals surface area contributed by atoms with Gasteiger partial charge in [0.15, 0.2) is 0 Å². The van der Waals surface area contributed by atoms with Gasteiger partial charge in [0.2, 0.25) is 5.91 Å². The highest BCUT2D eigenvalue weighted by Gasteiger charge is 2.29. The number of fused-ring (bicyclic) bond motifs is 1. The van der Waals surface area contributed by atoms with E-state index in [1.165, 1.54) is 12.1 Å². The molecule has 1 N–H and O–H groups in total. The Morgan fingerprint density at radius 1 is 1.23 bits per heavy atom. The number of benzene rings is 2. The summed E-state index contributed by atoms with van der Waals surface area (Å²) in [5.74, 6) is 0.327. The Hall–Kier alpha value is -2.70. The molecule has 1 amide bonds. The van der Waals surface area contributed by atoms with Gasteiger partial charge in [0.05, 0.1) is 11.6 Å². The van der Waals surface area contributed by atoms with Crippen LogP contribution in [0.25, 0.3) is 10.9 Å². The Kier molecular flexibility index (Phi) is 6.68. The molecule has 0 radical (unpaired) electrons. The molecule has 2 heterocycles. The fourth-order valence-electron chi connectivity index (χ4n) is 4.05. The normalized spacial score (nSPS) is 16.2. The summed E-state index contributed by atoms with van der Waals surface area (Å²) in [6.07, 6.45) is 4.01. The first-order chi connectivity index (χ1) is 15.0. The summed E-state index contributed by atoms with van der Waals surface area (Å²) in [5.41, 5.74) is 1.45. The van der Waals surface area contributed by atoms with Gasteiger partial charge in [-0.3, -0.25) is 14.7 Å². The van der Waals surface area contributed by atoms with Gasteiger partial charge >= 0.3 is 0 Å². The summed E-state index contributed by atoms with van der Waals surface area (Å²) < 4.78 is 19.9. The van der Waals surface area contributed by atoms with Gasteiger partial charge < -0.3 is 10.1 Å². The number of aromatic nitrogens is 1. The van der Waals surface area contributed by atoms with Gasteiger partial charge in [-0.1, -0.05) is 18.5 Å². The number of carbonyl (C=O) groups excluding carboxylic acids is 1. The van der Waals surface area contributed by atoms with Crippen molar-refractivity contribution >= 4 is 34.1 Å². The number of likely N-dealkylation sites (tertiary alicyclic amines) is 1. The molecule has 2 aromatic carbocycles. The minimum Gasteiger partial charge on any atom is -0.490 e. The topological polar surface area (TPSA) is 54.5 Å². The SMILES string of the molecule is CCC(C(=O)Nc1ccc(Cl)cc1)N1CCC(Oc2ccnc3ccc(F)cc23)CC1. The predicted molar refractivity (Wildman–Crippen MR) is 121 cm³/mol. The van der Waals surface area contributed by atoms with E-state index in [1.807, 2.05) is 6.92 Å². The zero-order chi connectivity index (χ0) is 21.8. The molecule has 0 aliphatic carbocycles. The maximum absolute atomic E-state index is 13.7. The van der Waals surface area contributed by atoms with Crippen LogP contribution in [0.1, 0.15) is 26.2 Å². The van der Waals surface area contributed by atoms with Crippen LogP contribution in [0.15, 0.2) is 54.7 Å². The highest BCUT2D eigenvalue weighted by molar-refractivity contribution is 6.30. The number of rotatable bonds is 6. The lowest BCUT2D eigenvalue weighted by Gasteiger charge is -2.36. The molecule has 1 aliphatic heterocycles. The number of amides is 1. The van der Waals surface area contributed by atoms with Crippen LogP contribution in [-0.4, -0.2) is 41.0 Å². The number of nitrogens with zero attached hydrogens (tertiary/aromatic N) is 2. The van der Waals surface area contributed by atoms with Gasteiger partial charge in [-0.15, -0.1) is 0 Å². The Balaban J connectivity index is 1.37. The van der Waals surface area contributed by atoms with Gasteiger partial charge in [-0.05, 0) is 67.8 Å². The van der Waals surface area contributed by atoms with Gasteiger partial charge in [0.1, 0.15) is 17.7 Å². The molecule has 31 heavy (non-hydrogen) atoms. The smallest absolute Gasteiger partial charge is 0.241 e. The van der Waals surface area contributed by atoms with Crippen molar-refractivity contribution in [2.45, 2.75) is 38.3 Å². The molecule has 1 atom stereocenters. The Morgan fingerprint density at radius 2 is 1.97 bits per heavy atom. The highest BCUT2D eigenvalue weighted by Crippen LogP contribution is 2.28.